The zero-order valence-electron chi connectivity index (χ0n) is 21.6. The Labute approximate surface area is 235 Å². The molecule has 5 rings (SSSR count). The molecule has 0 saturated carbocycles. The van der Waals surface area contributed by atoms with Crippen molar-refractivity contribution in [2.75, 3.05) is 32.9 Å². The first-order chi connectivity index (χ1) is 18.1. The van der Waals surface area contributed by atoms with E-state index in [1.165, 1.54) is 6.26 Å². The van der Waals surface area contributed by atoms with Gasteiger partial charge in [-0.05, 0) is 85.8 Å². The number of carbonyl (C=O) groups excluding carboxylic acids is 1. The predicted octanol–water partition coefficient (Wildman–Crippen LogP) is 6.58. The summed E-state index contributed by atoms with van der Waals surface area (Å²) in [4.78, 5) is 17.8. The number of carbonyl (C=O) groups is 1. The number of fused-ring (bicyclic) bond motifs is 1. The van der Waals surface area contributed by atoms with E-state index in [9.17, 15) is 13.2 Å². The lowest BCUT2D eigenvalue weighted by Gasteiger charge is -2.36. The van der Waals surface area contributed by atoms with Crippen LogP contribution in [0.5, 0.6) is 0 Å². The van der Waals surface area contributed by atoms with Crippen LogP contribution in [0.25, 0.3) is 0 Å². The summed E-state index contributed by atoms with van der Waals surface area (Å²) < 4.78 is 24.6. The summed E-state index contributed by atoms with van der Waals surface area (Å²) in [6.45, 7) is 2.66. The van der Waals surface area contributed by atoms with Gasteiger partial charge >= 0.3 is 0 Å². The van der Waals surface area contributed by atoms with Crippen LogP contribution in [0.2, 0.25) is 10.0 Å². The minimum Gasteiger partial charge on any atom is -0.334 e. The fourth-order valence-corrected chi connectivity index (χ4v) is 7.45. The second-order valence-corrected chi connectivity index (χ2v) is 13.2. The molecule has 0 spiro atoms. The monoisotopic (exact) mass is 570 g/mol. The number of amides is 1. The summed E-state index contributed by atoms with van der Waals surface area (Å²) in [6, 6.07) is 20.9. The van der Waals surface area contributed by atoms with Gasteiger partial charge in [0.25, 0.3) is 5.91 Å². The molecule has 38 heavy (non-hydrogen) atoms. The smallest absolute Gasteiger partial charge is 0.254 e. The Hall–Kier alpha value is -2.38. The average Bonchev–Trinajstić information content (AvgIpc) is 3.16. The molecule has 0 N–H and O–H groups in total. The van der Waals surface area contributed by atoms with E-state index in [0.29, 0.717) is 14.9 Å². The summed E-state index contributed by atoms with van der Waals surface area (Å²) in [5, 5.41) is 1.03. The summed E-state index contributed by atoms with van der Waals surface area (Å²) in [5.74, 6) is 0.320. The van der Waals surface area contributed by atoms with E-state index >= 15 is 0 Å². The van der Waals surface area contributed by atoms with Crippen LogP contribution >= 0.6 is 23.2 Å². The minimum absolute atomic E-state index is 0.0426. The molecular formula is C30H32Cl2N2O3S. The van der Waals surface area contributed by atoms with E-state index < -0.39 is 9.84 Å². The fourth-order valence-electron chi connectivity index (χ4n) is 6.16. The molecule has 3 aromatic rings. The molecule has 2 atom stereocenters. The number of sulfone groups is 1. The molecule has 3 aromatic carbocycles. The van der Waals surface area contributed by atoms with Gasteiger partial charge in [-0.2, -0.15) is 0 Å². The maximum Gasteiger partial charge on any atom is 0.254 e. The summed E-state index contributed by atoms with van der Waals surface area (Å²) in [7, 11) is -1.39. The van der Waals surface area contributed by atoms with Crippen LogP contribution < -0.4 is 0 Å². The normalized spacial score (nSPS) is 19.5. The van der Waals surface area contributed by atoms with Gasteiger partial charge in [0.05, 0.1) is 21.0 Å². The minimum atomic E-state index is -3.26. The number of hydrogen-bond acceptors (Lipinski definition) is 4. The van der Waals surface area contributed by atoms with Crippen molar-refractivity contribution in [2.24, 2.45) is 0 Å². The van der Waals surface area contributed by atoms with Crippen molar-refractivity contribution in [3.05, 3.63) is 99.0 Å². The lowest BCUT2D eigenvalue weighted by atomic mass is 9.84. The van der Waals surface area contributed by atoms with Gasteiger partial charge in [-0.25, -0.2) is 8.42 Å². The molecule has 2 heterocycles. The van der Waals surface area contributed by atoms with E-state index in [2.05, 4.69) is 11.0 Å². The molecule has 2 aliphatic heterocycles. The Kier molecular flexibility index (Phi) is 7.88. The molecule has 2 aliphatic rings. The Morgan fingerprint density at radius 1 is 0.921 bits per heavy atom. The van der Waals surface area contributed by atoms with Gasteiger partial charge in [0.1, 0.15) is 0 Å². The summed E-state index contributed by atoms with van der Waals surface area (Å²) >= 11 is 12.7. The first-order valence-corrected chi connectivity index (χ1v) is 15.6. The number of nitrogens with zero attached hydrogens (tertiary/aromatic N) is 2. The quantitative estimate of drug-likeness (QED) is 0.322. The van der Waals surface area contributed by atoms with Gasteiger partial charge in [-0.15, -0.1) is 0 Å². The van der Waals surface area contributed by atoms with Crippen molar-refractivity contribution in [2.45, 2.75) is 42.0 Å². The van der Waals surface area contributed by atoms with Crippen molar-refractivity contribution < 1.29 is 13.2 Å². The third-order valence-corrected chi connectivity index (χ3v) is 10.0. The highest BCUT2D eigenvalue weighted by Gasteiger charge is 2.39. The molecule has 1 saturated heterocycles. The SMILES string of the molecule is CN1C(=O)c2ccccc2[C@H]1[C@@H](CCN1CCC(c2ccccc2S(C)(=O)=O)CC1)c1ccc(Cl)c(Cl)c1. The van der Waals surface area contributed by atoms with Crippen molar-refractivity contribution in [3.8, 4) is 0 Å². The molecule has 5 nitrogen and oxygen atoms in total. The molecular weight excluding hydrogens is 539 g/mol. The highest BCUT2D eigenvalue weighted by atomic mass is 35.5. The molecule has 0 radical (unpaired) electrons. The fraction of sp³-hybridized carbons (Fsp3) is 0.367. The predicted molar refractivity (Wildman–Crippen MR) is 153 cm³/mol. The van der Waals surface area contributed by atoms with E-state index in [4.69, 9.17) is 23.2 Å². The zero-order chi connectivity index (χ0) is 27.0. The van der Waals surface area contributed by atoms with Crippen LogP contribution in [0, 0.1) is 0 Å². The number of likely N-dealkylation sites (N-methyl/N-ethyl adjacent to an activating group) is 1. The lowest BCUT2D eigenvalue weighted by Crippen LogP contribution is -2.36. The van der Waals surface area contributed by atoms with Gasteiger partial charge < -0.3 is 9.80 Å². The molecule has 1 fully saturated rings. The number of rotatable bonds is 7. The van der Waals surface area contributed by atoms with Crippen molar-refractivity contribution in [3.63, 3.8) is 0 Å². The molecule has 8 heteroatoms. The van der Waals surface area contributed by atoms with Crippen molar-refractivity contribution in [1.82, 2.24) is 9.80 Å². The topological polar surface area (TPSA) is 57.7 Å². The molecule has 0 unspecified atom stereocenters. The molecule has 200 valence electrons. The summed E-state index contributed by atoms with van der Waals surface area (Å²) in [6.07, 6.45) is 3.95. The van der Waals surface area contributed by atoms with Crippen molar-refractivity contribution >= 4 is 38.9 Å². The Morgan fingerprint density at radius 3 is 2.26 bits per heavy atom. The van der Waals surface area contributed by atoms with E-state index in [1.807, 2.05) is 60.5 Å². The Balaban J connectivity index is 1.34. The number of benzene rings is 3. The van der Waals surface area contributed by atoms with Gasteiger partial charge in [0, 0.05) is 24.8 Å². The van der Waals surface area contributed by atoms with Crippen LogP contribution in [0.3, 0.4) is 0 Å². The highest BCUT2D eigenvalue weighted by Crippen LogP contribution is 2.45. The van der Waals surface area contributed by atoms with E-state index in [1.54, 1.807) is 12.1 Å². The Bertz CT molecular complexity index is 1450. The molecule has 0 bridgehead atoms. The van der Waals surface area contributed by atoms with Crippen LogP contribution in [0.4, 0.5) is 0 Å². The first kappa shape index (κ1) is 27.2. The molecule has 1 amide bonds. The van der Waals surface area contributed by atoms with Gasteiger partial charge in [-0.3, -0.25) is 4.79 Å². The van der Waals surface area contributed by atoms with E-state index in [-0.39, 0.29) is 23.8 Å². The zero-order valence-corrected chi connectivity index (χ0v) is 23.9. The summed E-state index contributed by atoms with van der Waals surface area (Å²) in [5.41, 5.74) is 3.81. The van der Waals surface area contributed by atoms with Crippen LogP contribution in [-0.4, -0.2) is 57.1 Å². The number of piperidine rings is 1. The maximum atomic E-state index is 13.1. The second kappa shape index (κ2) is 11.0. The lowest BCUT2D eigenvalue weighted by molar-refractivity contribution is 0.0746. The standard InChI is InChI=1S/C30H32Cl2N2O3S/c1-33-29(24-8-3-4-9-25(24)30(33)35)23(21-11-12-26(31)27(32)19-21)15-18-34-16-13-20(14-17-34)22-7-5-6-10-28(22)38(2,36)37/h3-12,19-20,23,29H,13-18H2,1-2H3/t23-,29+/m0/s1. The van der Waals surface area contributed by atoms with Gasteiger partial charge in [0.15, 0.2) is 9.84 Å². The molecule has 0 aromatic heterocycles. The first-order valence-electron chi connectivity index (χ1n) is 13.0. The van der Waals surface area contributed by atoms with Gasteiger partial charge in [0.2, 0.25) is 0 Å². The van der Waals surface area contributed by atoms with Crippen LogP contribution in [0.1, 0.15) is 64.2 Å². The van der Waals surface area contributed by atoms with Gasteiger partial charge in [-0.1, -0.05) is 65.7 Å². The largest absolute Gasteiger partial charge is 0.334 e. The third kappa shape index (κ3) is 5.37. The third-order valence-electron chi connectivity index (χ3n) is 8.10. The number of likely N-dealkylation sites (tertiary alicyclic amines) is 1. The van der Waals surface area contributed by atoms with Crippen LogP contribution in [0.15, 0.2) is 71.6 Å². The molecule has 0 aliphatic carbocycles. The van der Waals surface area contributed by atoms with E-state index in [0.717, 1.165) is 61.2 Å². The number of hydrogen-bond donors (Lipinski definition) is 0. The second-order valence-electron chi connectivity index (χ2n) is 10.4. The number of halogens is 2. The highest BCUT2D eigenvalue weighted by molar-refractivity contribution is 7.90. The maximum absolute atomic E-state index is 13.1. The average molecular weight is 572 g/mol. The Morgan fingerprint density at radius 2 is 1.58 bits per heavy atom. The van der Waals surface area contributed by atoms with Crippen LogP contribution in [-0.2, 0) is 9.84 Å². The van der Waals surface area contributed by atoms with Crippen molar-refractivity contribution in [1.29, 1.82) is 0 Å².